The maximum atomic E-state index is 6.19. The summed E-state index contributed by atoms with van der Waals surface area (Å²) >= 11 is 0. The van der Waals surface area contributed by atoms with Crippen LogP contribution < -0.4 is 4.74 Å². The molecule has 0 heterocycles. The third-order valence-corrected chi connectivity index (χ3v) is 7.97. The SMILES string of the molecule is CCCCCCCCCCCC=CC=Cc1cccc(Oc2cccc(C=CC=CCCCCCCCCCCC)c2)c1. The molecule has 0 saturated carbocycles. The van der Waals surface area contributed by atoms with Gasteiger partial charge in [-0.3, -0.25) is 0 Å². The molecule has 0 N–H and O–H groups in total. The van der Waals surface area contributed by atoms with Gasteiger partial charge in [-0.1, -0.05) is 189 Å². The van der Waals surface area contributed by atoms with E-state index in [-0.39, 0.29) is 0 Å². The Morgan fingerprint density at radius 3 is 1.21 bits per heavy atom. The Kier molecular flexibility index (Phi) is 22.7. The molecule has 0 amide bonds. The highest BCUT2D eigenvalue weighted by molar-refractivity contribution is 5.55. The lowest BCUT2D eigenvalue weighted by atomic mass is 10.1. The van der Waals surface area contributed by atoms with E-state index in [2.05, 4.69) is 98.9 Å². The van der Waals surface area contributed by atoms with Crippen LogP contribution in [0.4, 0.5) is 0 Å². The molecule has 0 spiro atoms. The monoisotopic (exact) mass is 582 g/mol. The second kappa shape index (κ2) is 26.8. The first kappa shape index (κ1) is 36.4. The molecule has 2 rings (SSSR count). The van der Waals surface area contributed by atoms with Crippen molar-refractivity contribution < 1.29 is 4.74 Å². The molecule has 1 heteroatoms. The molecule has 43 heavy (non-hydrogen) atoms. The molecule has 1 nitrogen and oxygen atoms in total. The first-order valence-electron chi connectivity index (χ1n) is 17.9. The average Bonchev–Trinajstić information content (AvgIpc) is 3.02. The Balaban J connectivity index is 1.63. The highest BCUT2D eigenvalue weighted by Crippen LogP contribution is 2.24. The summed E-state index contributed by atoms with van der Waals surface area (Å²) in [6, 6.07) is 16.6. The van der Waals surface area contributed by atoms with Crippen LogP contribution in [0, 0.1) is 0 Å². The van der Waals surface area contributed by atoms with Gasteiger partial charge in [0.25, 0.3) is 0 Å². The van der Waals surface area contributed by atoms with Gasteiger partial charge in [0.1, 0.15) is 11.5 Å². The maximum absolute atomic E-state index is 6.19. The molecule has 0 radical (unpaired) electrons. The van der Waals surface area contributed by atoms with Gasteiger partial charge < -0.3 is 4.74 Å². The molecule has 0 saturated heterocycles. The predicted octanol–water partition coefficient (Wildman–Crippen LogP) is 14.5. The lowest BCUT2D eigenvalue weighted by molar-refractivity contribution is 0.482. The standard InChI is InChI=1S/C42H62O/c1-3-5-7-9-11-13-15-17-19-21-23-25-27-31-39-33-29-35-41(37-39)43-42-36-30-34-40(38-42)32-28-26-24-22-20-18-16-14-12-10-8-6-4-2/h23-38H,3-22H2,1-2H3. The number of unbranched alkanes of at least 4 members (excludes halogenated alkanes) is 18. The summed E-state index contributed by atoms with van der Waals surface area (Å²) in [5.41, 5.74) is 2.30. The summed E-state index contributed by atoms with van der Waals surface area (Å²) in [6.45, 7) is 4.57. The topological polar surface area (TPSA) is 9.23 Å². The third kappa shape index (κ3) is 20.7. The van der Waals surface area contributed by atoms with Crippen LogP contribution in [0.3, 0.4) is 0 Å². The minimum absolute atomic E-state index is 0.864. The van der Waals surface area contributed by atoms with E-state index in [1.807, 2.05) is 12.1 Å². The maximum Gasteiger partial charge on any atom is 0.128 e. The highest BCUT2D eigenvalue weighted by Gasteiger charge is 1.99. The Bertz CT molecular complexity index is 957. The van der Waals surface area contributed by atoms with Crippen molar-refractivity contribution in [1.82, 2.24) is 0 Å². The average molecular weight is 583 g/mol. The molecule has 2 aromatic rings. The summed E-state index contributed by atoms with van der Waals surface area (Å²) in [6.07, 6.45) is 44.8. The molecule has 0 aliphatic heterocycles. The fourth-order valence-corrected chi connectivity index (χ4v) is 5.33. The smallest absolute Gasteiger partial charge is 0.128 e. The fourth-order valence-electron chi connectivity index (χ4n) is 5.33. The molecule has 0 unspecified atom stereocenters. The lowest BCUT2D eigenvalue weighted by Crippen LogP contribution is -1.85. The molecule has 0 aliphatic rings. The Morgan fingerprint density at radius 1 is 0.442 bits per heavy atom. The number of allylic oxidation sites excluding steroid dienone is 6. The van der Waals surface area contributed by atoms with Gasteiger partial charge in [0, 0.05) is 0 Å². The molecule has 0 bridgehead atoms. The number of hydrogen-bond donors (Lipinski definition) is 0. The van der Waals surface area contributed by atoms with Crippen molar-refractivity contribution in [1.29, 1.82) is 0 Å². The van der Waals surface area contributed by atoms with Crippen LogP contribution in [0.5, 0.6) is 11.5 Å². The van der Waals surface area contributed by atoms with Crippen molar-refractivity contribution >= 4 is 12.2 Å². The van der Waals surface area contributed by atoms with E-state index in [4.69, 9.17) is 4.74 Å². The van der Waals surface area contributed by atoms with E-state index in [0.717, 1.165) is 22.6 Å². The summed E-state index contributed by atoms with van der Waals surface area (Å²) in [4.78, 5) is 0. The van der Waals surface area contributed by atoms with Crippen LogP contribution in [0.2, 0.25) is 0 Å². The Labute approximate surface area is 266 Å². The van der Waals surface area contributed by atoms with Gasteiger partial charge in [-0.15, -0.1) is 0 Å². The van der Waals surface area contributed by atoms with Crippen LogP contribution in [0.1, 0.15) is 153 Å². The van der Waals surface area contributed by atoms with Gasteiger partial charge >= 0.3 is 0 Å². The van der Waals surface area contributed by atoms with Crippen molar-refractivity contribution in [2.75, 3.05) is 0 Å². The van der Waals surface area contributed by atoms with Gasteiger partial charge in [0.15, 0.2) is 0 Å². The van der Waals surface area contributed by atoms with Crippen molar-refractivity contribution in [2.24, 2.45) is 0 Å². The van der Waals surface area contributed by atoms with Crippen molar-refractivity contribution in [3.05, 3.63) is 96.1 Å². The normalized spacial score (nSPS) is 12.0. The van der Waals surface area contributed by atoms with Crippen molar-refractivity contribution in [2.45, 2.75) is 142 Å². The number of benzene rings is 2. The van der Waals surface area contributed by atoms with Gasteiger partial charge in [0.2, 0.25) is 0 Å². The molecule has 236 valence electrons. The van der Waals surface area contributed by atoms with Gasteiger partial charge in [-0.05, 0) is 61.1 Å². The minimum atomic E-state index is 0.864. The first-order valence-corrected chi connectivity index (χ1v) is 17.9. The van der Waals surface area contributed by atoms with E-state index in [1.54, 1.807) is 0 Å². The van der Waals surface area contributed by atoms with E-state index in [9.17, 15) is 0 Å². The quantitative estimate of drug-likeness (QED) is 0.0792. The highest BCUT2D eigenvalue weighted by atomic mass is 16.5. The minimum Gasteiger partial charge on any atom is -0.457 e. The van der Waals surface area contributed by atoms with E-state index in [0.29, 0.717) is 0 Å². The first-order chi connectivity index (χ1) is 21.3. The zero-order valence-electron chi connectivity index (χ0n) is 27.8. The number of hydrogen-bond acceptors (Lipinski definition) is 1. The van der Waals surface area contributed by atoms with Crippen LogP contribution in [-0.4, -0.2) is 0 Å². The second-order valence-electron chi connectivity index (χ2n) is 12.1. The molecule has 0 fully saturated rings. The van der Waals surface area contributed by atoms with Crippen LogP contribution in [0.25, 0.3) is 12.2 Å². The summed E-state index contributed by atoms with van der Waals surface area (Å²) in [7, 11) is 0. The van der Waals surface area contributed by atoms with E-state index < -0.39 is 0 Å². The Hall–Kier alpha value is -2.80. The third-order valence-electron chi connectivity index (χ3n) is 7.97. The van der Waals surface area contributed by atoms with Gasteiger partial charge in [-0.2, -0.15) is 0 Å². The van der Waals surface area contributed by atoms with Crippen LogP contribution in [0.15, 0.2) is 85.0 Å². The second-order valence-corrected chi connectivity index (χ2v) is 12.1. The molecule has 2 aromatic carbocycles. The number of rotatable bonds is 26. The van der Waals surface area contributed by atoms with Gasteiger partial charge in [0.05, 0.1) is 0 Å². The number of ether oxygens (including phenoxy) is 1. The molecular weight excluding hydrogens is 520 g/mol. The zero-order chi connectivity index (χ0) is 30.5. The fraction of sp³-hybridized carbons (Fsp3) is 0.524. The summed E-state index contributed by atoms with van der Waals surface area (Å²) in [5.74, 6) is 1.73. The van der Waals surface area contributed by atoms with Gasteiger partial charge in [-0.25, -0.2) is 0 Å². The van der Waals surface area contributed by atoms with Crippen LogP contribution >= 0.6 is 0 Å². The van der Waals surface area contributed by atoms with Crippen LogP contribution in [-0.2, 0) is 0 Å². The molecule has 0 aromatic heterocycles. The molecule has 0 aliphatic carbocycles. The lowest BCUT2D eigenvalue weighted by Gasteiger charge is -2.07. The zero-order valence-corrected chi connectivity index (χ0v) is 27.8. The summed E-state index contributed by atoms with van der Waals surface area (Å²) in [5, 5.41) is 0. The van der Waals surface area contributed by atoms with Crippen molar-refractivity contribution in [3.63, 3.8) is 0 Å². The van der Waals surface area contributed by atoms with E-state index >= 15 is 0 Å². The molecular formula is C42H62O. The molecule has 0 atom stereocenters. The largest absolute Gasteiger partial charge is 0.457 e. The summed E-state index contributed by atoms with van der Waals surface area (Å²) < 4.78 is 6.19. The predicted molar refractivity (Wildman–Crippen MR) is 193 cm³/mol. The van der Waals surface area contributed by atoms with Crippen molar-refractivity contribution in [3.8, 4) is 11.5 Å². The van der Waals surface area contributed by atoms with E-state index in [1.165, 1.54) is 128 Å². The Morgan fingerprint density at radius 2 is 0.814 bits per heavy atom.